The van der Waals surface area contributed by atoms with Crippen LogP contribution in [0.1, 0.15) is 53.9 Å². The first-order chi connectivity index (χ1) is 24.1. The van der Waals surface area contributed by atoms with Crippen molar-refractivity contribution in [2.45, 2.75) is 64.8 Å². The fraction of sp³-hybridized carbons (Fsp3) is 0.417. The van der Waals surface area contributed by atoms with Crippen molar-refractivity contribution in [1.29, 1.82) is 0 Å². The number of halogens is 4. The number of ether oxygens (including phenoxy) is 2. The lowest BCUT2D eigenvalue weighted by Crippen LogP contribution is -2.65. The van der Waals surface area contributed by atoms with Gasteiger partial charge in [-0.15, -0.1) is 10.2 Å². The molecule has 1 amide bonds. The number of amides is 1. The lowest BCUT2D eigenvalue weighted by Gasteiger charge is -2.58. The summed E-state index contributed by atoms with van der Waals surface area (Å²) in [6, 6.07) is 15.2. The molecule has 4 aromatic rings. The van der Waals surface area contributed by atoms with Crippen LogP contribution in [0.2, 0.25) is 5.28 Å². The summed E-state index contributed by atoms with van der Waals surface area (Å²) in [6.45, 7) is 6.29. The highest BCUT2D eigenvalue weighted by Crippen LogP contribution is 2.52. The number of carbonyl (C=O) groups is 1. The second-order valence-electron chi connectivity index (χ2n) is 13.6. The minimum Gasteiger partial charge on any atom is -0.490 e. The van der Waals surface area contributed by atoms with Gasteiger partial charge in [0.1, 0.15) is 23.4 Å². The van der Waals surface area contributed by atoms with Gasteiger partial charge >= 0.3 is 0 Å². The highest BCUT2D eigenvalue weighted by atomic mass is 35.5. The first kappa shape index (κ1) is 34.0. The third-order valence-corrected chi connectivity index (χ3v) is 9.74. The number of hydrogen-bond donors (Lipinski definition) is 0. The molecule has 4 heterocycles. The summed E-state index contributed by atoms with van der Waals surface area (Å²) in [5.41, 5.74) is 3.31. The number of nitrogens with zero attached hydrogens (tertiary/aromatic N) is 7. The summed E-state index contributed by atoms with van der Waals surface area (Å²) >= 11 is 6.14. The van der Waals surface area contributed by atoms with Gasteiger partial charge < -0.3 is 19.3 Å². The normalized spacial score (nSPS) is 17.0. The first-order valence-electron chi connectivity index (χ1n) is 16.7. The minimum absolute atomic E-state index is 0.00976. The van der Waals surface area contributed by atoms with Crippen LogP contribution in [0, 0.1) is 11.2 Å². The molecule has 0 bridgehead atoms. The van der Waals surface area contributed by atoms with Crippen molar-refractivity contribution in [2.75, 3.05) is 31.1 Å². The van der Waals surface area contributed by atoms with Crippen LogP contribution >= 0.6 is 11.6 Å². The number of rotatable bonds is 11. The minimum atomic E-state index is -2.77. The number of anilines is 1. The molecule has 3 aliphatic rings. The van der Waals surface area contributed by atoms with E-state index in [1.807, 2.05) is 23.2 Å². The molecule has 10 nitrogen and oxygen atoms in total. The predicted molar refractivity (Wildman–Crippen MR) is 180 cm³/mol. The van der Waals surface area contributed by atoms with Crippen LogP contribution in [0.5, 0.6) is 17.4 Å². The van der Waals surface area contributed by atoms with Crippen LogP contribution < -0.4 is 14.4 Å². The van der Waals surface area contributed by atoms with Gasteiger partial charge in [-0.2, -0.15) is 4.98 Å². The number of pyridine rings is 1. The summed E-state index contributed by atoms with van der Waals surface area (Å²) in [5.74, 6) is -0.408. The lowest BCUT2D eigenvalue weighted by molar-refractivity contribution is -0.0353. The number of carbonyl (C=O) groups excluding carboxylic acids is 1. The van der Waals surface area contributed by atoms with Gasteiger partial charge in [0.15, 0.2) is 5.82 Å². The highest BCUT2D eigenvalue weighted by Gasteiger charge is 2.54. The maximum Gasteiger partial charge on any atom is 0.282 e. The lowest BCUT2D eigenvalue weighted by atomic mass is 9.61. The zero-order valence-corrected chi connectivity index (χ0v) is 28.5. The maximum atomic E-state index is 14.3. The quantitative estimate of drug-likeness (QED) is 0.171. The average Bonchev–Trinajstić information content (AvgIpc) is 3.06. The summed E-state index contributed by atoms with van der Waals surface area (Å²) in [5, 5.41) is 7.81. The highest BCUT2D eigenvalue weighted by molar-refractivity contribution is 6.28. The summed E-state index contributed by atoms with van der Waals surface area (Å²) in [6.07, 6.45) is 1.69. The molecule has 1 saturated carbocycles. The van der Waals surface area contributed by atoms with Crippen LogP contribution in [-0.2, 0) is 19.5 Å². The van der Waals surface area contributed by atoms with E-state index < -0.39 is 30.7 Å². The van der Waals surface area contributed by atoms with Crippen LogP contribution in [0.15, 0.2) is 60.8 Å². The molecule has 2 fully saturated rings. The molecule has 1 saturated heterocycles. The van der Waals surface area contributed by atoms with E-state index >= 15 is 0 Å². The molecule has 50 heavy (non-hydrogen) atoms. The van der Waals surface area contributed by atoms with Gasteiger partial charge in [-0.3, -0.25) is 14.7 Å². The Labute approximate surface area is 293 Å². The van der Waals surface area contributed by atoms with E-state index in [0.717, 1.165) is 72.9 Å². The topological polar surface area (TPSA) is 96.8 Å². The predicted octanol–water partition coefficient (Wildman–Crippen LogP) is 6.57. The molecule has 0 N–H and O–H groups in total. The van der Waals surface area contributed by atoms with Gasteiger partial charge in [0.05, 0.1) is 12.1 Å². The Morgan fingerprint density at radius 2 is 1.86 bits per heavy atom. The Morgan fingerprint density at radius 3 is 2.60 bits per heavy atom. The van der Waals surface area contributed by atoms with E-state index in [1.54, 1.807) is 13.8 Å². The first-order valence-corrected chi connectivity index (χ1v) is 17.0. The third kappa shape index (κ3) is 7.20. The summed E-state index contributed by atoms with van der Waals surface area (Å²) in [4.78, 5) is 27.7. The van der Waals surface area contributed by atoms with Gasteiger partial charge in [-0.05, 0) is 68.1 Å². The van der Waals surface area contributed by atoms with E-state index in [-0.39, 0.29) is 34.0 Å². The Balaban J connectivity index is 1.01. The number of benzene rings is 2. The number of alkyl halides is 2. The standard InChI is InChI=1S/C36H37ClF3N7O3/c1-22(2)47(19-31(39)40)34(48)26-14-24(38)8-9-29(26)50-33-32(42-35(37)44-43-33)46-20-36(21-46)15-25(16-36)49-30-10-12-41-28-11-13-45(18-27(28)30)17-23-6-4-3-5-7-23/h3-10,12,14,22,25,31H,11,13,15-21H2,1-2H3. The molecule has 0 radical (unpaired) electrons. The Hall–Kier alpha value is -4.49. The van der Waals surface area contributed by atoms with Crippen molar-refractivity contribution in [3.63, 3.8) is 0 Å². The van der Waals surface area contributed by atoms with Crippen molar-refractivity contribution in [2.24, 2.45) is 5.41 Å². The number of hydrogen-bond acceptors (Lipinski definition) is 9. The maximum absolute atomic E-state index is 14.3. The van der Waals surface area contributed by atoms with E-state index in [1.165, 1.54) is 11.6 Å². The van der Waals surface area contributed by atoms with Gasteiger partial charge in [-0.25, -0.2) is 13.2 Å². The summed E-state index contributed by atoms with van der Waals surface area (Å²) < 4.78 is 53.5. The van der Waals surface area contributed by atoms with Gasteiger partial charge in [-0.1, -0.05) is 30.3 Å². The van der Waals surface area contributed by atoms with E-state index in [4.69, 9.17) is 21.1 Å². The van der Waals surface area contributed by atoms with Gasteiger partial charge in [0, 0.05) is 68.1 Å². The van der Waals surface area contributed by atoms with E-state index in [2.05, 4.69) is 49.3 Å². The van der Waals surface area contributed by atoms with E-state index in [9.17, 15) is 18.0 Å². The average molecular weight is 708 g/mol. The van der Waals surface area contributed by atoms with Crippen LogP contribution in [0.4, 0.5) is 19.0 Å². The SMILES string of the molecule is CC(C)N(CC(F)F)C(=O)c1cc(F)ccc1Oc1nnc(Cl)nc1N1CC2(CC(Oc3ccnc4c3CN(Cc3ccccc3)CC4)C2)C1. The summed E-state index contributed by atoms with van der Waals surface area (Å²) in [7, 11) is 0. The molecule has 0 unspecified atom stereocenters. The van der Waals surface area contributed by atoms with Crippen molar-refractivity contribution in [3.05, 3.63) is 94.3 Å². The van der Waals surface area contributed by atoms with Crippen molar-refractivity contribution >= 4 is 23.3 Å². The zero-order valence-electron chi connectivity index (χ0n) is 27.7. The van der Waals surface area contributed by atoms with Crippen molar-refractivity contribution in [1.82, 2.24) is 30.0 Å². The van der Waals surface area contributed by atoms with Crippen molar-refractivity contribution < 1.29 is 27.4 Å². The molecule has 1 spiro atoms. The number of fused-ring (bicyclic) bond motifs is 1. The Kier molecular flexibility index (Phi) is 9.53. The monoisotopic (exact) mass is 707 g/mol. The Morgan fingerprint density at radius 1 is 1.08 bits per heavy atom. The van der Waals surface area contributed by atoms with Gasteiger partial charge in [0.25, 0.3) is 18.2 Å². The fourth-order valence-corrected chi connectivity index (χ4v) is 7.27. The molecular weight excluding hydrogens is 671 g/mol. The second-order valence-corrected chi connectivity index (χ2v) is 13.9. The molecule has 262 valence electrons. The third-order valence-electron chi connectivity index (χ3n) is 9.58. The van der Waals surface area contributed by atoms with Crippen LogP contribution in [-0.4, -0.2) is 80.6 Å². The molecule has 0 atom stereocenters. The van der Waals surface area contributed by atoms with E-state index in [0.29, 0.717) is 18.9 Å². The van der Waals surface area contributed by atoms with Crippen LogP contribution in [0.3, 0.4) is 0 Å². The number of aromatic nitrogens is 4. The fourth-order valence-electron chi connectivity index (χ4n) is 7.15. The molecule has 1 aliphatic carbocycles. The molecule has 7 rings (SSSR count). The molecule has 14 heteroatoms. The largest absolute Gasteiger partial charge is 0.490 e. The smallest absolute Gasteiger partial charge is 0.282 e. The van der Waals surface area contributed by atoms with Gasteiger partial charge in [0.2, 0.25) is 5.28 Å². The molecular formula is C36H37ClF3N7O3. The Bertz CT molecular complexity index is 1850. The molecule has 2 aliphatic heterocycles. The van der Waals surface area contributed by atoms with Crippen molar-refractivity contribution in [3.8, 4) is 17.4 Å². The van der Waals surface area contributed by atoms with Crippen LogP contribution in [0.25, 0.3) is 0 Å². The molecule has 2 aromatic carbocycles. The zero-order chi connectivity index (χ0) is 35.0. The second kappa shape index (κ2) is 14.0. The molecule has 2 aromatic heterocycles.